The number of carbonyl (C=O) groups is 1. The van der Waals surface area contributed by atoms with Gasteiger partial charge in [-0.2, -0.15) is 5.10 Å². The fourth-order valence-electron chi connectivity index (χ4n) is 2.92. The summed E-state index contributed by atoms with van der Waals surface area (Å²) in [6.07, 6.45) is 3.71. The standard InChI is InChI=1S/C22H25N3O3/c1-4-5-13-23-22(26)19-15-25(16-9-7-6-8-10-16)24-21(19)18-12-11-17(27-2)14-20(18)28-3/h6-12,14-15H,4-5,13H2,1-3H3,(H,23,26). The van der Waals surface area contributed by atoms with E-state index in [0.717, 1.165) is 24.1 Å². The predicted molar refractivity (Wildman–Crippen MR) is 109 cm³/mol. The van der Waals surface area contributed by atoms with E-state index in [1.165, 1.54) is 0 Å². The molecule has 0 radical (unpaired) electrons. The number of amides is 1. The van der Waals surface area contributed by atoms with Crippen LogP contribution in [0, 0.1) is 0 Å². The second-order valence-electron chi connectivity index (χ2n) is 6.35. The van der Waals surface area contributed by atoms with Crippen molar-refractivity contribution in [3.8, 4) is 28.4 Å². The monoisotopic (exact) mass is 379 g/mol. The number of ether oxygens (including phenoxy) is 2. The van der Waals surface area contributed by atoms with Crippen LogP contribution in [0.2, 0.25) is 0 Å². The second kappa shape index (κ2) is 9.08. The number of para-hydroxylation sites is 1. The Labute approximate surface area is 165 Å². The fourth-order valence-corrected chi connectivity index (χ4v) is 2.92. The van der Waals surface area contributed by atoms with Crippen LogP contribution in [0.15, 0.2) is 54.7 Å². The number of unbranched alkanes of at least 4 members (excludes halogenated alkanes) is 1. The van der Waals surface area contributed by atoms with Crippen LogP contribution >= 0.6 is 0 Å². The highest BCUT2D eigenvalue weighted by atomic mass is 16.5. The first-order valence-corrected chi connectivity index (χ1v) is 9.33. The molecule has 1 N–H and O–H groups in total. The molecule has 0 atom stereocenters. The molecule has 3 aromatic rings. The minimum atomic E-state index is -0.150. The summed E-state index contributed by atoms with van der Waals surface area (Å²) in [5.41, 5.74) is 2.68. The maximum Gasteiger partial charge on any atom is 0.255 e. The third-order valence-electron chi connectivity index (χ3n) is 4.46. The van der Waals surface area contributed by atoms with Gasteiger partial charge in [0.15, 0.2) is 0 Å². The van der Waals surface area contributed by atoms with Crippen molar-refractivity contribution in [3.05, 3.63) is 60.3 Å². The van der Waals surface area contributed by atoms with Gasteiger partial charge in [-0.3, -0.25) is 4.79 Å². The maximum absolute atomic E-state index is 12.9. The zero-order valence-corrected chi connectivity index (χ0v) is 16.4. The topological polar surface area (TPSA) is 65.4 Å². The Morgan fingerprint density at radius 2 is 1.89 bits per heavy atom. The van der Waals surface area contributed by atoms with Gasteiger partial charge >= 0.3 is 0 Å². The van der Waals surface area contributed by atoms with Crippen LogP contribution in [0.25, 0.3) is 16.9 Å². The molecular weight excluding hydrogens is 354 g/mol. The molecule has 2 aromatic carbocycles. The molecule has 0 fully saturated rings. The van der Waals surface area contributed by atoms with E-state index in [1.807, 2.05) is 42.5 Å². The van der Waals surface area contributed by atoms with Crippen molar-refractivity contribution >= 4 is 5.91 Å². The molecule has 6 heteroatoms. The van der Waals surface area contributed by atoms with Gasteiger partial charge in [-0.1, -0.05) is 31.5 Å². The predicted octanol–water partition coefficient (Wildman–Crippen LogP) is 4.09. The molecule has 0 bridgehead atoms. The summed E-state index contributed by atoms with van der Waals surface area (Å²) in [5.74, 6) is 1.13. The van der Waals surface area contributed by atoms with Crippen molar-refractivity contribution < 1.29 is 14.3 Å². The van der Waals surface area contributed by atoms with Crippen molar-refractivity contribution in [2.45, 2.75) is 19.8 Å². The summed E-state index contributed by atoms with van der Waals surface area (Å²) < 4.78 is 12.5. The average Bonchev–Trinajstić information content (AvgIpc) is 3.19. The van der Waals surface area contributed by atoms with Gasteiger partial charge in [0.05, 0.1) is 25.5 Å². The van der Waals surface area contributed by atoms with Gasteiger partial charge < -0.3 is 14.8 Å². The molecule has 28 heavy (non-hydrogen) atoms. The molecule has 0 saturated carbocycles. The highest BCUT2D eigenvalue weighted by molar-refractivity contribution is 6.00. The Morgan fingerprint density at radius 1 is 1.11 bits per heavy atom. The molecule has 0 aliphatic heterocycles. The number of hydrogen-bond donors (Lipinski definition) is 1. The highest BCUT2D eigenvalue weighted by Crippen LogP contribution is 2.34. The summed E-state index contributed by atoms with van der Waals surface area (Å²) in [7, 11) is 3.19. The Morgan fingerprint density at radius 3 is 2.57 bits per heavy atom. The molecule has 0 saturated heterocycles. The van der Waals surface area contributed by atoms with Crippen LogP contribution in [0.3, 0.4) is 0 Å². The molecule has 0 unspecified atom stereocenters. The van der Waals surface area contributed by atoms with E-state index >= 15 is 0 Å². The molecule has 1 heterocycles. The lowest BCUT2D eigenvalue weighted by atomic mass is 10.1. The number of methoxy groups -OCH3 is 2. The Bertz CT molecular complexity index is 935. The molecule has 6 nitrogen and oxygen atoms in total. The largest absolute Gasteiger partial charge is 0.497 e. The third-order valence-corrected chi connectivity index (χ3v) is 4.46. The summed E-state index contributed by atoms with van der Waals surface area (Å²) in [6.45, 7) is 2.72. The Balaban J connectivity index is 2.08. The first kappa shape index (κ1) is 19.5. The Hall–Kier alpha value is -3.28. The summed E-state index contributed by atoms with van der Waals surface area (Å²) in [6, 6.07) is 15.2. The minimum Gasteiger partial charge on any atom is -0.497 e. The molecule has 0 aliphatic carbocycles. The van der Waals surface area contributed by atoms with Gasteiger partial charge in [-0.15, -0.1) is 0 Å². The number of nitrogens with zero attached hydrogens (tertiary/aromatic N) is 2. The number of carbonyl (C=O) groups excluding carboxylic acids is 1. The van der Waals surface area contributed by atoms with E-state index in [1.54, 1.807) is 31.2 Å². The van der Waals surface area contributed by atoms with Crippen LogP contribution < -0.4 is 14.8 Å². The van der Waals surface area contributed by atoms with Crippen molar-refractivity contribution in [3.63, 3.8) is 0 Å². The molecule has 146 valence electrons. The van der Waals surface area contributed by atoms with E-state index < -0.39 is 0 Å². The minimum absolute atomic E-state index is 0.150. The van der Waals surface area contributed by atoms with E-state index in [4.69, 9.17) is 14.6 Å². The smallest absolute Gasteiger partial charge is 0.255 e. The van der Waals surface area contributed by atoms with Crippen LogP contribution in [0.5, 0.6) is 11.5 Å². The van der Waals surface area contributed by atoms with Gasteiger partial charge in [-0.25, -0.2) is 4.68 Å². The summed E-state index contributed by atoms with van der Waals surface area (Å²) >= 11 is 0. The zero-order chi connectivity index (χ0) is 19.9. The molecular formula is C22H25N3O3. The van der Waals surface area contributed by atoms with Gasteiger partial charge in [0.25, 0.3) is 5.91 Å². The second-order valence-corrected chi connectivity index (χ2v) is 6.35. The van der Waals surface area contributed by atoms with Crippen molar-refractivity contribution in [2.24, 2.45) is 0 Å². The number of nitrogens with one attached hydrogen (secondary N) is 1. The normalized spacial score (nSPS) is 10.5. The van der Waals surface area contributed by atoms with Gasteiger partial charge in [0.2, 0.25) is 0 Å². The van der Waals surface area contributed by atoms with Crippen molar-refractivity contribution in [2.75, 3.05) is 20.8 Å². The number of hydrogen-bond acceptors (Lipinski definition) is 4. The molecule has 3 rings (SSSR count). The molecule has 1 amide bonds. The van der Waals surface area contributed by atoms with Gasteiger partial charge in [-0.05, 0) is 30.7 Å². The van der Waals surface area contributed by atoms with Crippen molar-refractivity contribution in [1.29, 1.82) is 0 Å². The van der Waals surface area contributed by atoms with E-state index in [-0.39, 0.29) is 5.91 Å². The number of aromatic nitrogens is 2. The van der Waals surface area contributed by atoms with E-state index in [9.17, 15) is 4.79 Å². The quantitative estimate of drug-likeness (QED) is 0.599. The third kappa shape index (κ3) is 4.17. The maximum atomic E-state index is 12.9. The van der Waals surface area contributed by atoms with E-state index in [2.05, 4.69) is 12.2 Å². The van der Waals surface area contributed by atoms with Crippen LogP contribution in [0.1, 0.15) is 30.1 Å². The first-order chi connectivity index (χ1) is 13.7. The Kier molecular flexibility index (Phi) is 6.32. The molecule has 1 aromatic heterocycles. The molecule has 0 aliphatic rings. The first-order valence-electron chi connectivity index (χ1n) is 9.33. The lowest BCUT2D eigenvalue weighted by Crippen LogP contribution is -2.24. The van der Waals surface area contributed by atoms with E-state index in [0.29, 0.717) is 29.3 Å². The SMILES string of the molecule is CCCCNC(=O)c1cn(-c2ccccc2)nc1-c1ccc(OC)cc1OC. The van der Waals surface area contributed by atoms with Crippen LogP contribution in [-0.4, -0.2) is 36.5 Å². The average molecular weight is 379 g/mol. The lowest BCUT2D eigenvalue weighted by Gasteiger charge is -2.10. The fraction of sp³-hybridized carbons (Fsp3) is 0.273. The number of benzene rings is 2. The van der Waals surface area contributed by atoms with Crippen LogP contribution in [-0.2, 0) is 0 Å². The van der Waals surface area contributed by atoms with Crippen molar-refractivity contribution in [1.82, 2.24) is 15.1 Å². The summed E-state index contributed by atoms with van der Waals surface area (Å²) in [4.78, 5) is 12.9. The zero-order valence-electron chi connectivity index (χ0n) is 16.4. The van der Waals surface area contributed by atoms with Crippen LogP contribution in [0.4, 0.5) is 0 Å². The number of rotatable bonds is 8. The summed E-state index contributed by atoms with van der Waals surface area (Å²) in [5, 5.41) is 7.68. The lowest BCUT2D eigenvalue weighted by molar-refractivity contribution is 0.0954. The van der Waals surface area contributed by atoms with Gasteiger partial charge in [0.1, 0.15) is 17.2 Å². The highest BCUT2D eigenvalue weighted by Gasteiger charge is 2.21. The van der Waals surface area contributed by atoms with Gasteiger partial charge in [0, 0.05) is 24.4 Å². The molecule has 0 spiro atoms.